The zero-order chi connectivity index (χ0) is 32.2. The van der Waals surface area contributed by atoms with Gasteiger partial charge in [0.05, 0.1) is 17.8 Å². The molecule has 0 amide bonds. The first-order valence-corrected chi connectivity index (χ1v) is 17.4. The number of methoxy groups -OCH3 is 2. The number of aliphatic hydroxyl groups is 3. The average Bonchev–Trinajstić information content (AvgIpc) is 3.75. The smallest absolute Gasteiger partial charge is 0.339 e. The molecule has 2 aliphatic heterocycles. The van der Waals surface area contributed by atoms with Crippen LogP contribution >= 0.6 is 0 Å². The summed E-state index contributed by atoms with van der Waals surface area (Å²) in [6.07, 6.45) is 3.16. The molecule has 0 aromatic heterocycles. The summed E-state index contributed by atoms with van der Waals surface area (Å²) in [4.78, 5) is 29.8. The monoisotopic (exact) mass is 639 g/mol. The number of rotatable bonds is 9. The Morgan fingerprint density at radius 2 is 1.89 bits per heavy atom. The van der Waals surface area contributed by atoms with Gasteiger partial charge in [0, 0.05) is 81.9 Å². The summed E-state index contributed by atoms with van der Waals surface area (Å²) in [5.74, 6) is -1.52. The maximum absolute atomic E-state index is 14.3. The van der Waals surface area contributed by atoms with Crippen molar-refractivity contribution in [2.24, 2.45) is 35.0 Å². The molecule has 10 heteroatoms. The molecular weight excluding hydrogens is 590 g/mol. The Bertz CT molecular complexity index is 1400. The minimum atomic E-state index is -1.51. The minimum absolute atomic E-state index is 0.0218. The maximum atomic E-state index is 14.3. The van der Waals surface area contributed by atoms with Crippen LogP contribution < -0.4 is 0 Å². The van der Waals surface area contributed by atoms with Crippen LogP contribution in [0.15, 0.2) is 24.3 Å². The molecule has 252 valence electrons. The molecular formula is C36H49NO9. The average molecular weight is 640 g/mol. The third-order valence-electron chi connectivity index (χ3n) is 14.2. The summed E-state index contributed by atoms with van der Waals surface area (Å²) in [5.41, 5.74) is -3.39. The molecule has 10 nitrogen and oxygen atoms in total. The molecule has 7 fully saturated rings. The van der Waals surface area contributed by atoms with Crippen LogP contribution in [0.2, 0.25) is 0 Å². The van der Waals surface area contributed by atoms with Crippen LogP contribution in [0, 0.1) is 35.0 Å². The summed E-state index contributed by atoms with van der Waals surface area (Å²) < 4.78 is 24.5. The molecule has 5 saturated carbocycles. The quantitative estimate of drug-likeness (QED) is 0.345. The summed E-state index contributed by atoms with van der Waals surface area (Å²) in [6, 6.07) is 7.14. The number of carbonyl (C=O) groups is 2. The lowest BCUT2D eigenvalue weighted by molar-refractivity contribution is -0.333. The fourth-order valence-electron chi connectivity index (χ4n) is 12.8. The largest absolute Gasteiger partial charge is 0.454 e. The van der Waals surface area contributed by atoms with Gasteiger partial charge in [0.2, 0.25) is 0 Å². The number of Topliss-reactive ketones (excluding diaryl/α,β-unsaturated/α-hetero) is 1. The van der Waals surface area contributed by atoms with E-state index in [1.165, 1.54) is 0 Å². The van der Waals surface area contributed by atoms with Gasteiger partial charge in [0.15, 0.2) is 5.78 Å². The number of benzene rings is 1. The van der Waals surface area contributed by atoms with Gasteiger partial charge < -0.3 is 34.3 Å². The van der Waals surface area contributed by atoms with E-state index in [0.29, 0.717) is 69.3 Å². The fourth-order valence-corrected chi connectivity index (χ4v) is 12.8. The highest BCUT2D eigenvalue weighted by Crippen LogP contribution is 2.80. The first kappa shape index (κ1) is 31.4. The highest BCUT2D eigenvalue weighted by Gasteiger charge is 2.88. The van der Waals surface area contributed by atoms with Gasteiger partial charge in [-0.2, -0.15) is 0 Å². The lowest BCUT2D eigenvalue weighted by atomic mass is 9.42. The van der Waals surface area contributed by atoms with Crippen LogP contribution in [0.3, 0.4) is 0 Å². The van der Waals surface area contributed by atoms with Crippen LogP contribution in [0.5, 0.6) is 0 Å². The van der Waals surface area contributed by atoms with E-state index in [4.69, 9.17) is 18.9 Å². The summed E-state index contributed by atoms with van der Waals surface area (Å²) in [6.45, 7) is 3.88. The van der Waals surface area contributed by atoms with Crippen molar-refractivity contribution in [3.05, 3.63) is 35.4 Å². The molecule has 4 unspecified atom stereocenters. The number of ether oxygens (including phenoxy) is 4. The highest BCUT2D eigenvalue weighted by atomic mass is 16.6. The van der Waals surface area contributed by atoms with Crippen molar-refractivity contribution in [1.82, 2.24) is 4.90 Å². The van der Waals surface area contributed by atoms with Crippen molar-refractivity contribution in [2.45, 2.75) is 99.4 Å². The van der Waals surface area contributed by atoms with E-state index >= 15 is 0 Å². The Balaban J connectivity index is 1.21. The molecule has 13 atom stereocenters. The number of esters is 1. The zero-order valence-electron chi connectivity index (χ0n) is 27.2. The number of likely N-dealkylation sites (tertiary alicyclic amines) is 1. The number of piperidine rings is 1. The van der Waals surface area contributed by atoms with Crippen molar-refractivity contribution in [3.8, 4) is 0 Å². The topological polar surface area (TPSA) is 135 Å². The summed E-state index contributed by atoms with van der Waals surface area (Å²) in [5, 5.41) is 36.9. The van der Waals surface area contributed by atoms with Gasteiger partial charge in [0.1, 0.15) is 22.9 Å². The predicted octanol–water partition coefficient (Wildman–Crippen LogP) is 2.15. The van der Waals surface area contributed by atoms with E-state index in [-0.39, 0.29) is 60.5 Å². The van der Waals surface area contributed by atoms with E-state index in [2.05, 4.69) is 11.8 Å². The first-order chi connectivity index (χ1) is 22.1. The molecule has 2 heterocycles. The van der Waals surface area contributed by atoms with E-state index in [0.717, 1.165) is 6.42 Å². The van der Waals surface area contributed by atoms with Gasteiger partial charge in [-0.15, -0.1) is 0 Å². The van der Waals surface area contributed by atoms with E-state index in [1.54, 1.807) is 26.4 Å². The molecule has 1 aromatic carbocycles. The Hall–Kier alpha value is -1.92. The second-order valence-corrected chi connectivity index (χ2v) is 15.4. The second-order valence-electron chi connectivity index (χ2n) is 15.4. The number of nitrogens with zero attached hydrogens (tertiary/aromatic N) is 1. The molecule has 1 spiro atoms. The fraction of sp³-hybridized carbons (Fsp3) is 0.778. The lowest BCUT2D eigenvalue weighted by Gasteiger charge is -2.71. The van der Waals surface area contributed by atoms with Crippen LogP contribution in [-0.4, -0.2) is 114 Å². The maximum Gasteiger partial charge on any atom is 0.339 e. The highest BCUT2D eigenvalue weighted by molar-refractivity contribution is 5.94. The first-order valence-electron chi connectivity index (χ1n) is 17.4. The van der Waals surface area contributed by atoms with Crippen molar-refractivity contribution < 1.29 is 43.9 Å². The number of carbonyl (C=O) groups excluding carboxylic acids is 2. The number of fused-ring (bicyclic) bond motifs is 2. The lowest BCUT2D eigenvalue weighted by Crippen LogP contribution is -2.82. The van der Waals surface area contributed by atoms with Gasteiger partial charge in [-0.05, 0) is 62.6 Å². The summed E-state index contributed by atoms with van der Waals surface area (Å²) >= 11 is 0. The molecule has 7 aliphatic rings. The number of aliphatic hydroxyl groups excluding tert-OH is 1. The van der Waals surface area contributed by atoms with Crippen molar-refractivity contribution >= 4 is 11.8 Å². The van der Waals surface area contributed by atoms with Crippen LogP contribution in [-0.2, 0) is 30.2 Å². The second kappa shape index (κ2) is 10.8. The van der Waals surface area contributed by atoms with E-state index < -0.39 is 40.4 Å². The Labute approximate surface area is 270 Å². The van der Waals surface area contributed by atoms with Crippen LogP contribution in [0.25, 0.3) is 0 Å². The Morgan fingerprint density at radius 1 is 1.09 bits per heavy atom. The normalized spacial score (nSPS) is 48.4. The molecule has 8 rings (SSSR count). The van der Waals surface area contributed by atoms with Crippen molar-refractivity contribution in [2.75, 3.05) is 40.5 Å². The van der Waals surface area contributed by atoms with Gasteiger partial charge >= 0.3 is 5.97 Å². The number of ketones is 1. The standard InChI is InChI=1S/C36H49NO9/c1-4-37-19-33(46-32(40)22-9-6-5-8-20(22)14-25(39)26-10-7-13-45-26)12-11-21(18-38)35-28(33)16-24(30(35)37)34(41)17-27(43-2)23-15-29(35)36(34,42)31(23)44-3/h5-6,8-9,21,23-24,26-31,38,41-42H,4,7,10-19H2,1-3H3/t21-,23-,24+,26?,27+,28?,29?,30?,31+,33-,34+,35+,36+/m1/s1. The van der Waals surface area contributed by atoms with Gasteiger partial charge in [-0.3, -0.25) is 9.69 Å². The third kappa shape index (κ3) is 3.72. The predicted molar refractivity (Wildman–Crippen MR) is 165 cm³/mol. The molecule has 46 heavy (non-hydrogen) atoms. The molecule has 7 bridgehead atoms. The van der Waals surface area contributed by atoms with Crippen molar-refractivity contribution in [3.63, 3.8) is 0 Å². The molecule has 3 N–H and O–H groups in total. The number of hydrogen-bond donors (Lipinski definition) is 3. The minimum Gasteiger partial charge on any atom is -0.454 e. The molecule has 5 aliphatic carbocycles. The van der Waals surface area contributed by atoms with E-state index in [9.17, 15) is 24.9 Å². The molecule has 2 saturated heterocycles. The van der Waals surface area contributed by atoms with Crippen LogP contribution in [0.1, 0.15) is 67.8 Å². The SMILES string of the molecule is CCN1C[C@]2(OC(=O)c3ccccc3CC(=O)C3CCCO3)CC[C@H](CO)[C@]34C1[C@H](CC23)[C@@]1(O)C[C@H](OC)[C@H]2CC4[C@]1(O)[C@H]2OC. The molecule has 1 aromatic rings. The Kier molecular flexibility index (Phi) is 7.35. The van der Waals surface area contributed by atoms with Gasteiger partial charge in [0.25, 0.3) is 0 Å². The summed E-state index contributed by atoms with van der Waals surface area (Å²) in [7, 11) is 3.29. The number of hydrogen-bond acceptors (Lipinski definition) is 10. The van der Waals surface area contributed by atoms with E-state index in [1.807, 2.05) is 12.1 Å². The third-order valence-corrected chi connectivity index (χ3v) is 14.2. The van der Waals surface area contributed by atoms with Crippen molar-refractivity contribution in [1.29, 1.82) is 0 Å². The number of likely N-dealkylation sites (N-methyl/N-ethyl adjacent to an activating group) is 1. The van der Waals surface area contributed by atoms with Crippen LogP contribution in [0.4, 0.5) is 0 Å². The van der Waals surface area contributed by atoms with Gasteiger partial charge in [-0.1, -0.05) is 25.1 Å². The van der Waals surface area contributed by atoms with Gasteiger partial charge in [-0.25, -0.2) is 4.79 Å². The molecule has 0 radical (unpaired) electrons. The Morgan fingerprint density at radius 3 is 2.59 bits per heavy atom. The zero-order valence-corrected chi connectivity index (χ0v) is 27.2.